The van der Waals surface area contributed by atoms with Crippen molar-refractivity contribution < 1.29 is 9.90 Å². The van der Waals surface area contributed by atoms with Crippen molar-refractivity contribution in [3.05, 3.63) is 24.3 Å². The number of hydrogen-bond acceptors (Lipinski definition) is 3. The van der Waals surface area contributed by atoms with Gasteiger partial charge in [0.2, 0.25) is 5.91 Å². The van der Waals surface area contributed by atoms with Gasteiger partial charge < -0.3 is 10.0 Å². The number of thioether (sulfide) groups is 1. The number of amides is 1. The first-order chi connectivity index (χ1) is 8.17. The van der Waals surface area contributed by atoms with Crippen LogP contribution in [0.4, 0.5) is 0 Å². The summed E-state index contributed by atoms with van der Waals surface area (Å²) in [5.74, 6) is 1.26. The molecule has 0 aromatic heterocycles. The molecular weight excluding hydrogens is 234 g/mol. The van der Waals surface area contributed by atoms with Gasteiger partial charge in [-0.15, -0.1) is 11.8 Å². The van der Waals surface area contributed by atoms with E-state index in [2.05, 4.69) is 0 Å². The van der Waals surface area contributed by atoms with Gasteiger partial charge in [0.15, 0.2) is 0 Å². The third kappa shape index (κ3) is 4.69. The zero-order chi connectivity index (χ0) is 12.7. The molecule has 0 aliphatic carbocycles. The first-order valence-electron chi connectivity index (χ1n) is 5.87. The van der Waals surface area contributed by atoms with E-state index in [1.807, 2.05) is 30.9 Å². The molecule has 0 fully saturated rings. The number of carbonyl (C=O) groups is 1. The minimum Gasteiger partial charge on any atom is -0.508 e. The highest BCUT2D eigenvalue weighted by atomic mass is 32.2. The Kier molecular flexibility index (Phi) is 5.91. The third-order valence-electron chi connectivity index (χ3n) is 2.54. The van der Waals surface area contributed by atoms with E-state index in [4.69, 9.17) is 5.11 Å². The molecule has 0 aliphatic rings. The van der Waals surface area contributed by atoms with Gasteiger partial charge in [-0.3, -0.25) is 4.79 Å². The Morgan fingerprint density at radius 3 is 2.35 bits per heavy atom. The summed E-state index contributed by atoms with van der Waals surface area (Å²) >= 11 is 1.64. The summed E-state index contributed by atoms with van der Waals surface area (Å²) in [6.45, 7) is 5.54. The molecule has 1 rings (SSSR count). The minimum atomic E-state index is 0.210. The Morgan fingerprint density at radius 2 is 1.82 bits per heavy atom. The van der Waals surface area contributed by atoms with Crippen LogP contribution in [0, 0.1) is 0 Å². The lowest BCUT2D eigenvalue weighted by molar-refractivity contribution is -0.130. The van der Waals surface area contributed by atoms with Gasteiger partial charge in [0.25, 0.3) is 0 Å². The summed E-state index contributed by atoms with van der Waals surface area (Å²) in [7, 11) is 0. The van der Waals surface area contributed by atoms with Crippen molar-refractivity contribution in [1.29, 1.82) is 0 Å². The van der Waals surface area contributed by atoms with Crippen molar-refractivity contribution in [1.82, 2.24) is 4.90 Å². The van der Waals surface area contributed by atoms with Crippen molar-refractivity contribution in [2.45, 2.75) is 25.2 Å². The number of carbonyl (C=O) groups excluding carboxylic acids is 1. The Morgan fingerprint density at radius 1 is 1.24 bits per heavy atom. The monoisotopic (exact) mass is 253 g/mol. The quantitative estimate of drug-likeness (QED) is 0.792. The fourth-order valence-electron chi connectivity index (χ4n) is 1.53. The molecule has 0 unspecified atom stereocenters. The zero-order valence-electron chi connectivity index (χ0n) is 10.3. The van der Waals surface area contributed by atoms with Gasteiger partial charge in [-0.25, -0.2) is 0 Å². The average molecular weight is 253 g/mol. The molecule has 4 heteroatoms. The number of phenols is 1. The molecule has 1 aromatic carbocycles. The SMILES string of the molecule is CCN(CC)C(=O)CCSc1ccc(O)cc1. The molecule has 0 spiro atoms. The molecule has 3 nitrogen and oxygen atoms in total. The highest BCUT2D eigenvalue weighted by molar-refractivity contribution is 7.99. The first kappa shape index (κ1) is 13.9. The van der Waals surface area contributed by atoms with Gasteiger partial charge >= 0.3 is 0 Å². The van der Waals surface area contributed by atoms with Crippen LogP contribution >= 0.6 is 11.8 Å². The Hall–Kier alpha value is -1.16. The number of hydrogen-bond donors (Lipinski definition) is 1. The van der Waals surface area contributed by atoms with E-state index < -0.39 is 0 Å². The van der Waals surface area contributed by atoms with E-state index >= 15 is 0 Å². The molecule has 0 radical (unpaired) electrons. The maximum Gasteiger partial charge on any atom is 0.223 e. The number of benzene rings is 1. The summed E-state index contributed by atoms with van der Waals surface area (Å²) in [4.78, 5) is 14.6. The second kappa shape index (κ2) is 7.22. The lowest BCUT2D eigenvalue weighted by atomic mass is 10.3. The number of rotatable bonds is 6. The lowest BCUT2D eigenvalue weighted by Gasteiger charge is -2.18. The van der Waals surface area contributed by atoms with Crippen LogP contribution in [0.5, 0.6) is 5.75 Å². The van der Waals surface area contributed by atoms with Gasteiger partial charge in [-0.2, -0.15) is 0 Å². The van der Waals surface area contributed by atoms with E-state index in [0.29, 0.717) is 6.42 Å². The largest absolute Gasteiger partial charge is 0.508 e. The normalized spacial score (nSPS) is 10.2. The number of phenolic OH excluding ortho intramolecular Hbond substituents is 1. The molecule has 1 aromatic rings. The third-order valence-corrected chi connectivity index (χ3v) is 3.55. The molecule has 1 N–H and O–H groups in total. The molecule has 0 bridgehead atoms. The van der Waals surface area contributed by atoms with Crippen molar-refractivity contribution in [2.24, 2.45) is 0 Å². The predicted octanol–water partition coefficient (Wildman–Crippen LogP) is 2.74. The molecule has 17 heavy (non-hydrogen) atoms. The number of nitrogens with zero attached hydrogens (tertiary/aromatic N) is 1. The van der Waals surface area contributed by atoms with Gasteiger partial charge in [0.1, 0.15) is 5.75 Å². The van der Waals surface area contributed by atoms with E-state index in [9.17, 15) is 4.79 Å². The van der Waals surface area contributed by atoms with Gasteiger partial charge in [0, 0.05) is 30.2 Å². The molecular formula is C13H19NO2S. The maximum absolute atomic E-state index is 11.7. The van der Waals surface area contributed by atoms with Gasteiger partial charge in [-0.05, 0) is 38.1 Å². The summed E-state index contributed by atoms with van der Waals surface area (Å²) in [5, 5.41) is 9.14. The van der Waals surface area contributed by atoms with Crippen molar-refractivity contribution in [3.8, 4) is 5.75 Å². The van der Waals surface area contributed by atoms with Crippen LogP contribution in [-0.4, -0.2) is 34.8 Å². The molecule has 94 valence electrons. The van der Waals surface area contributed by atoms with Crippen LogP contribution in [0.3, 0.4) is 0 Å². The zero-order valence-corrected chi connectivity index (χ0v) is 11.2. The van der Waals surface area contributed by atoms with Crippen LogP contribution in [0.25, 0.3) is 0 Å². The van der Waals surface area contributed by atoms with Gasteiger partial charge in [-0.1, -0.05) is 0 Å². The molecule has 0 saturated carbocycles. The average Bonchev–Trinajstić information content (AvgIpc) is 2.33. The van der Waals surface area contributed by atoms with E-state index in [0.717, 1.165) is 23.7 Å². The van der Waals surface area contributed by atoms with Crippen molar-refractivity contribution >= 4 is 17.7 Å². The summed E-state index contributed by atoms with van der Waals surface area (Å²) in [5.41, 5.74) is 0. The smallest absolute Gasteiger partial charge is 0.223 e. The second-order valence-electron chi connectivity index (χ2n) is 3.66. The van der Waals surface area contributed by atoms with E-state index in [1.54, 1.807) is 23.9 Å². The van der Waals surface area contributed by atoms with Crippen molar-refractivity contribution in [3.63, 3.8) is 0 Å². The van der Waals surface area contributed by atoms with Crippen LogP contribution in [0.15, 0.2) is 29.2 Å². The van der Waals surface area contributed by atoms with Crippen LogP contribution in [0.1, 0.15) is 20.3 Å². The fourth-order valence-corrected chi connectivity index (χ4v) is 2.37. The van der Waals surface area contributed by atoms with E-state index in [-0.39, 0.29) is 11.7 Å². The summed E-state index contributed by atoms with van der Waals surface area (Å²) in [6.07, 6.45) is 0.563. The minimum absolute atomic E-state index is 0.210. The predicted molar refractivity (Wildman–Crippen MR) is 71.4 cm³/mol. The molecule has 1 amide bonds. The Balaban J connectivity index is 2.32. The lowest BCUT2D eigenvalue weighted by Crippen LogP contribution is -2.30. The van der Waals surface area contributed by atoms with Crippen LogP contribution < -0.4 is 0 Å². The molecule has 0 saturated heterocycles. The van der Waals surface area contributed by atoms with E-state index in [1.165, 1.54) is 0 Å². The summed E-state index contributed by atoms with van der Waals surface area (Å²) < 4.78 is 0. The number of aromatic hydroxyl groups is 1. The molecule has 0 atom stereocenters. The van der Waals surface area contributed by atoms with Crippen molar-refractivity contribution in [2.75, 3.05) is 18.8 Å². The molecule has 0 heterocycles. The highest BCUT2D eigenvalue weighted by Gasteiger charge is 2.08. The first-order valence-corrected chi connectivity index (χ1v) is 6.85. The van der Waals surface area contributed by atoms with Gasteiger partial charge in [0.05, 0.1) is 0 Å². The fraction of sp³-hybridized carbons (Fsp3) is 0.462. The Bertz CT molecular complexity index is 347. The van der Waals surface area contributed by atoms with Crippen LogP contribution in [-0.2, 0) is 4.79 Å². The Labute approximate surface area is 107 Å². The highest BCUT2D eigenvalue weighted by Crippen LogP contribution is 2.21. The molecule has 0 aliphatic heterocycles. The topological polar surface area (TPSA) is 40.5 Å². The van der Waals surface area contributed by atoms with Crippen LogP contribution in [0.2, 0.25) is 0 Å². The summed E-state index contributed by atoms with van der Waals surface area (Å²) in [6, 6.07) is 7.05. The maximum atomic E-state index is 11.7. The second-order valence-corrected chi connectivity index (χ2v) is 4.83. The standard InChI is InChI=1S/C13H19NO2S/c1-3-14(4-2)13(16)9-10-17-12-7-5-11(15)6-8-12/h5-8,15H,3-4,9-10H2,1-2H3.